The van der Waals surface area contributed by atoms with Gasteiger partial charge in [0.15, 0.2) is 0 Å². The second-order valence-electron chi connectivity index (χ2n) is 3.43. The summed E-state index contributed by atoms with van der Waals surface area (Å²) >= 11 is 0. The van der Waals surface area contributed by atoms with Crippen molar-refractivity contribution in [3.63, 3.8) is 0 Å². The van der Waals surface area contributed by atoms with Gasteiger partial charge < -0.3 is 10.4 Å². The van der Waals surface area contributed by atoms with Gasteiger partial charge in [0.25, 0.3) is 0 Å². The van der Waals surface area contributed by atoms with Crippen LogP contribution >= 0.6 is 0 Å². The number of nitrogens with zero attached hydrogens (tertiary/aromatic N) is 2. The maximum Gasteiger partial charge on any atom is 0.303 e. The first kappa shape index (κ1) is 12.2. The number of carbonyl (C=O) groups excluding carboxylic acids is 1. The lowest BCUT2D eigenvalue weighted by atomic mass is 10.3. The Balaban J connectivity index is 2.58. The van der Waals surface area contributed by atoms with Gasteiger partial charge in [0, 0.05) is 19.0 Å². The third-order valence-electron chi connectivity index (χ3n) is 2.04. The Morgan fingerprint density at radius 3 is 2.75 bits per heavy atom. The summed E-state index contributed by atoms with van der Waals surface area (Å²) in [7, 11) is 0. The zero-order valence-electron chi connectivity index (χ0n) is 9.36. The summed E-state index contributed by atoms with van der Waals surface area (Å²) < 4.78 is 1.66. The summed E-state index contributed by atoms with van der Waals surface area (Å²) in [5.74, 6) is -0.678. The minimum atomic E-state index is -0.977. The molecule has 0 saturated carbocycles. The summed E-state index contributed by atoms with van der Waals surface area (Å²) in [6.07, 6.45) is -0.186. The van der Waals surface area contributed by atoms with Crippen LogP contribution in [0.4, 0.5) is 5.82 Å². The van der Waals surface area contributed by atoms with Crippen molar-refractivity contribution in [3.8, 4) is 0 Å². The van der Waals surface area contributed by atoms with E-state index in [0.29, 0.717) is 12.4 Å². The number of carbonyl (C=O) groups is 2. The standard InChI is InChI=1S/C10H15N3O3/c1-3-13-8(6-7(2)12-13)11-9(14)4-5-10(15)16/h6H,3-5H2,1-2H3,(H,11,14)(H,15,16). The Hall–Kier alpha value is -1.85. The smallest absolute Gasteiger partial charge is 0.303 e. The van der Waals surface area contributed by atoms with E-state index in [-0.39, 0.29) is 18.7 Å². The van der Waals surface area contributed by atoms with E-state index >= 15 is 0 Å². The van der Waals surface area contributed by atoms with E-state index in [0.717, 1.165) is 5.69 Å². The second kappa shape index (κ2) is 5.29. The molecule has 6 nitrogen and oxygen atoms in total. The molecule has 2 N–H and O–H groups in total. The van der Waals surface area contributed by atoms with Crippen LogP contribution in [0, 0.1) is 6.92 Å². The molecular weight excluding hydrogens is 210 g/mol. The van der Waals surface area contributed by atoms with Crippen molar-refractivity contribution in [3.05, 3.63) is 11.8 Å². The molecular formula is C10H15N3O3. The number of anilines is 1. The van der Waals surface area contributed by atoms with Crippen molar-refractivity contribution < 1.29 is 14.7 Å². The van der Waals surface area contributed by atoms with Crippen LogP contribution in [0.15, 0.2) is 6.07 Å². The zero-order chi connectivity index (χ0) is 12.1. The number of hydrogen-bond donors (Lipinski definition) is 2. The summed E-state index contributed by atoms with van der Waals surface area (Å²) in [5.41, 5.74) is 0.815. The highest BCUT2D eigenvalue weighted by molar-refractivity contribution is 5.91. The first-order valence-electron chi connectivity index (χ1n) is 5.09. The predicted molar refractivity (Wildman–Crippen MR) is 58.1 cm³/mol. The molecule has 0 fully saturated rings. The van der Waals surface area contributed by atoms with Crippen molar-refractivity contribution in [2.75, 3.05) is 5.32 Å². The Bertz CT molecular complexity index is 398. The van der Waals surface area contributed by atoms with Crippen LogP contribution < -0.4 is 5.32 Å². The molecule has 0 atom stereocenters. The minimum absolute atomic E-state index is 0.0245. The molecule has 1 aromatic rings. The number of rotatable bonds is 5. The van der Waals surface area contributed by atoms with Crippen molar-refractivity contribution in [2.24, 2.45) is 0 Å². The van der Waals surface area contributed by atoms with Gasteiger partial charge in [0.1, 0.15) is 5.82 Å². The van der Waals surface area contributed by atoms with Gasteiger partial charge >= 0.3 is 5.97 Å². The SMILES string of the molecule is CCn1nc(C)cc1NC(=O)CCC(=O)O. The molecule has 0 unspecified atom stereocenters. The van der Waals surface area contributed by atoms with Gasteiger partial charge in [0.2, 0.25) is 5.91 Å². The highest BCUT2D eigenvalue weighted by Gasteiger charge is 2.09. The van der Waals surface area contributed by atoms with Crippen molar-refractivity contribution >= 4 is 17.7 Å². The maximum absolute atomic E-state index is 11.4. The molecule has 1 rings (SSSR count). The molecule has 0 radical (unpaired) electrons. The van der Waals surface area contributed by atoms with Crippen LogP contribution in [0.2, 0.25) is 0 Å². The highest BCUT2D eigenvalue weighted by atomic mass is 16.4. The predicted octanol–water partition coefficient (Wildman–Crippen LogP) is 1.01. The zero-order valence-corrected chi connectivity index (χ0v) is 9.36. The summed E-state index contributed by atoms with van der Waals surface area (Å²) in [4.78, 5) is 21.7. The number of carboxylic acid groups (broad SMARTS) is 1. The van der Waals surface area contributed by atoms with Crippen molar-refractivity contribution in [1.29, 1.82) is 0 Å². The fourth-order valence-corrected chi connectivity index (χ4v) is 1.31. The van der Waals surface area contributed by atoms with Crippen LogP contribution in [-0.2, 0) is 16.1 Å². The number of aliphatic carboxylic acids is 1. The van der Waals surface area contributed by atoms with Gasteiger partial charge in [-0.3, -0.25) is 9.59 Å². The quantitative estimate of drug-likeness (QED) is 0.783. The van der Waals surface area contributed by atoms with Crippen LogP contribution in [0.3, 0.4) is 0 Å². The van der Waals surface area contributed by atoms with E-state index in [1.807, 2.05) is 13.8 Å². The van der Waals surface area contributed by atoms with Gasteiger partial charge in [-0.05, 0) is 13.8 Å². The summed E-state index contributed by atoms with van der Waals surface area (Å²) in [5, 5.41) is 15.2. The van der Waals surface area contributed by atoms with E-state index < -0.39 is 5.97 Å². The lowest BCUT2D eigenvalue weighted by Gasteiger charge is -2.05. The maximum atomic E-state index is 11.4. The molecule has 88 valence electrons. The Morgan fingerprint density at radius 1 is 1.50 bits per heavy atom. The van der Waals surface area contributed by atoms with Gasteiger partial charge in [0.05, 0.1) is 12.1 Å². The topological polar surface area (TPSA) is 84.2 Å². The van der Waals surface area contributed by atoms with Crippen LogP contribution in [-0.4, -0.2) is 26.8 Å². The van der Waals surface area contributed by atoms with Crippen molar-refractivity contribution in [2.45, 2.75) is 33.2 Å². The van der Waals surface area contributed by atoms with E-state index in [2.05, 4.69) is 10.4 Å². The third-order valence-corrected chi connectivity index (χ3v) is 2.04. The average Bonchev–Trinajstić information content (AvgIpc) is 2.55. The normalized spacial score (nSPS) is 10.1. The number of carboxylic acids is 1. The molecule has 1 amide bonds. The first-order valence-corrected chi connectivity index (χ1v) is 5.09. The minimum Gasteiger partial charge on any atom is -0.481 e. The van der Waals surface area contributed by atoms with E-state index in [4.69, 9.17) is 5.11 Å². The number of aromatic nitrogens is 2. The fourth-order valence-electron chi connectivity index (χ4n) is 1.31. The summed E-state index contributed by atoms with van der Waals surface area (Å²) in [6, 6.07) is 1.75. The van der Waals surface area contributed by atoms with E-state index in [9.17, 15) is 9.59 Å². The lowest BCUT2D eigenvalue weighted by molar-refractivity contribution is -0.138. The highest BCUT2D eigenvalue weighted by Crippen LogP contribution is 2.10. The molecule has 0 aliphatic heterocycles. The first-order chi connectivity index (χ1) is 7.52. The lowest BCUT2D eigenvalue weighted by Crippen LogP contribution is -2.16. The second-order valence-corrected chi connectivity index (χ2v) is 3.43. The molecule has 0 bridgehead atoms. The van der Waals surface area contributed by atoms with Gasteiger partial charge in [-0.25, -0.2) is 4.68 Å². The van der Waals surface area contributed by atoms with Crippen LogP contribution in [0.1, 0.15) is 25.5 Å². The number of aryl methyl sites for hydroxylation is 2. The van der Waals surface area contributed by atoms with E-state index in [1.54, 1.807) is 10.7 Å². The summed E-state index contributed by atoms with van der Waals surface area (Å²) in [6.45, 7) is 4.40. The Labute approximate surface area is 93.3 Å². The molecule has 16 heavy (non-hydrogen) atoms. The third kappa shape index (κ3) is 3.38. The number of amides is 1. The monoisotopic (exact) mass is 225 g/mol. The van der Waals surface area contributed by atoms with Gasteiger partial charge in [-0.15, -0.1) is 0 Å². The van der Waals surface area contributed by atoms with Crippen LogP contribution in [0.5, 0.6) is 0 Å². The Kier molecular flexibility index (Phi) is 4.04. The Morgan fingerprint density at radius 2 is 2.19 bits per heavy atom. The molecule has 1 heterocycles. The van der Waals surface area contributed by atoms with Gasteiger partial charge in [-0.1, -0.05) is 0 Å². The number of hydrogen-bond acceptors (Lipinski definition) is 3. The molecule has 0 aliphatic rings. The molecule has 0 aromatic carbocycles. The van der Waals surface area contributed by atoms with Crippen LogP contribution in [0.25, 0.3) is 0 Å². The fraction of sp³-hybridized carbons (Fsp3) is 0.500. The molecule has 0 aliphatic carbocycles. The molecule has 6 heteroatoms. The molecule has 1 aromatic heterocycles. The van der Waals surface area contributed by atoms with Gasteiger partial charge in [-0.2, -0.15) is 5.10 Å². The largest absolute Gasteiger partial charge is 0.481 e. The molecule has 0 spiro atoms. The average molecular weight is 225 g/mol. The molecule has 0 saturated heterocycles. The van der Waals surface area contributed by atoms with E-state index in [1.165, 1.54) is 0 Å². The number of nitrogens with one attached hydrogen (secondary N) is 1. The van der Waals surface area contributed by atoms with Crippen molar-refractivity contribution in [1.82, 2.24) is 9.78 Å².